The fourth-order valence-electron chi connectivity index (χ4n) is 0.655. The van der Waals surface area contributed by atoms with Crippen LogP contribution in [0.15, 0.2) is 34.0 Å². The first-order valence-corrected chi connectivity index (χ1v) is 3.25. The minimum atomic E-state index is 0.778. The summed E-state index contributed by atoms with van der Waals surface area (Å²) in [4.78, 5) is 0. The maximum Gasteiger partial charge on any atom is 0.0868 e. The van der Waals surface area contributed by atoms with Gasteiger partial charge in [0.2, 0.25) is 0 Å². The molecule has 2 nitrogen and oxygen atoms in total. The van der Waals surface area contributed by atoms with Crippen LogP contribution in [-0.2, 0) is 0 Å². The molecule has 0 amide bonds. The molecule has 0 atom stereocenters. The second kappa shape index (κ2) is 3.32. The van der Waals surface area contributed by atoms with E-state index in [0.29, 0.717) is 0 Å². The first-order valence-electron chi connectivity index (χ1n) is 2.91. The Bertz CT molecular complexity index is 228. The predicted molar refractivity (Wildman–Crippen MR) is 41.5 cm³/mol. The molecule has 0 heterocycles. The summed E-state index contributed by atoms with van der Waals surface area (Å²) >= 11 is 5.03. The van der Waals surface area contributed by atoms with Crippen LogP contribution in [0.25, 0.3) is 0 Å². The highest BCUT2D eigenvalue weighted by atomic mass is 35.5. The summed E-state index contributed by atoms with van der Waals surface area (Å²) in [5.41, 5.74) is 1.98. The molecule has 0 aliphatic heterocycles. The molecule has 0 saturated carbocycles. The topological polar surface area (TPSA) is 24.7 Å². The van der Waals surface area contributed by atoms with Gasteiger partial charge in [-0.15, -0.1) is 5.11 Å². The molecule has 0 unspecified atom stereocenters. The molecule has 0 fully saturated rings. The van der Waals surface area contributed by atoms with Gasteiger partial charge in [0, 0.05) is 0 Å². The van der Waals surface area contributed by atoms with Crippen LogP contribution in [-0.4, -0.2) is 0 Å². The van der Waals surface area contributed by atoms with Gasteiger partial charge in [-0.3, -0.25) is 0 Å². The smallest absolute Gasteiger partial charge is 0.0868 e. The Kier molecular flexibility index (Phi) is 2.40. The summed E-state index contributed by atoms with van der Waals surface area (Å²) in [6.45, 7) is 2.02. The molecule has 3 heteroatoms. The number of hydrogen-bond acceptors (Lipinski definition) is 2. The van der Waals surface area contributed by atoms with Gasteiger partial charge in [-0.05, 0) is 19.1 Å². The molecular weight excluding hydrogens is 148 g/mol. The standard InChI is InChI=1S/C7H7ClN2/c1-6-2-4-7(5-3-6)9-10-8/h2-5H,1H3. The molecular formula is C7H7ClN2. The molecule has 0 saturated heterocycles. The molecule has 1 rings (SSSR count). The summed E-state index contributed by atoms with van der Waals surface area (Å²) in [7, 11) is 0. The zero-order valence-corrected chi connectivity index (χ0v) is 6.34. The van der Waals surface area contributed by atoms with E-state index in [9.17, 15) is 0 Å². The van der Waals surface area contributed by atoms with Crippen LogP contribution < -0.4 is 0 Å². The van der Waals surface area contributed by atoms with Crippen molar-refractivity contribution >= 4 is 17.5 Å². The Labute approximate surface area is 64.7 Å². The summed E-state index contributed by atoms with van der Waals surface area (Å²) < 4.78 is 3.13. The van der Waals surface area contributed by atoms with Gasteiger partial charge >= 0.3 is 0 Å². The van der Waals surface area contributed by atoms with Crippen LogP contribution in [0.3, 0.4) is 0 Å². The molecule has 0 N–H and O–H groups in total. The number of benzene rings is 1. The molecule has 0 aromatic heterocycles. The van der Waals surface area contributed by atoms with Crippen LogP contribution in [0, 0.1) is 6.92 Å². The van der Waals surface area contributed by atoms with Gasteiger partial charge < -0.3 is 0 Å². The monoisotopic (exact) mass is 154 g/mol. The van der Waals surface area contributed by atoms with E-state index in [1.807, 2.05) is 31.2 Å². The Morgan fingerprint density at radius 2 is 1.80 bits per heavy atom. The van der Waals surface area contributed by atoms with Crippen LogP contribution >= 0.6 is 11.8 Å². The first kappa shape index (κ1) is 7.22. The maximum atomic E-state index is 5.03. The number of aryl methyl sites for hydroxylation is 1. The first-order chi connectivity index (χ1) is 4.83. The summed E-state index contributed by atoms with van der Waals surface area (Å²) in [6.07, 6.45) is 0. The van der Waals surface area contributed by atoms with Crippen molar-refractivity contribution in [3.63, 3.8) is 0 Å². The summed E-state index contributed by atoms with van der Waals surface area (Å²) in [5, 5.41) is 3.64. The van der Waals surface area contributed by atoms with Crippen molar-refractivity contribution in [1.29, 1.82) is 0 Å². The van der Waals surface area contributed by atoms with Crippen LogP contribution in [0.2, 0.25) is 0 Å². The van der Waals surface area contributed by atoms with Crippen molar-refractivity contribution < 1.29 is 0 Å². The minimum Gasteiger partial charge on any atom is -0.138 e. The van der Waals surface area contributed by atoms with Crippen LogP contribution in [0.5, 0.6) is 0 Å². The van der Waals surface area contributed by atoms with Gasteiger partial charge in [-0.25, -0.2) is 0 Å². The van der Waals surface area contributed by atoms with Crippen molar-refractivity contribution in [2.24, 2.45) is 9.75 Å². The molecule has 10 heavy (non-hydrogen) atoms. The Balaban J connectivity index is 2.89. The zero-order valence-electron chi connectivity index (χ0n) is 5.58. The minimum absolute atomic E-state index is 0.778. The maximum absolute atomic E-state index is 5.03. The Morgan fingerprint density at radius 1 is 1.20 bits per heavy atom. The largest absolute Gasteiger partial charge is 0.138 e. The van der Waals surface area contributed by atoms with E-state index >= 15 is 0 Å². The van der Waals surface area contributed by atoms with E-state index < -0.39 is 0 Å². The normalized spacial score (nSPS) is 10.6. The lowest BCUT2D eigenvalue weighted by Gasteiger charge is -1.90. The van der Waals surface area contributed by atoms with E-state index in [0.717, 1.165) is 5.69 Å². The Hall–Kier alpha value is -0.890. The van der Waals surface area contributed by atoms with Gasteiger partial charge in [0.15, 0.2) is 0 Å². The third-order valence-corrected chi connectivity index (χ3v) is 1.26. The van der Waals surface area contributed by atoms with Gasteiger partial charge in [0.1, 0.15) is 0 Å². The lowest BCUT2D eigenvalue weighted by Crippen LogP contribution is -1.66. The van der Waals surface area contributed by atoms with Gasteiger partial charge in [-0.1, -0.05) is 22.3 Å². The molecule has 1 aromatic carbocycles. The number of hydrogen-bond donors (Lipinski definition) is 0. The van der Waals surface area contributed by atoms with Crippen molar-refractivity contribution in [3.05, 3.63) is 29.8 Å². The van der Waals surface area contributed by atoms with Gasteiger partial charge in [0.25, 0.3) is 0 Å². The van der Waals surface area contributed by atoms with E-state index in [1.54, 1.807) is 0 Å². The molecule has 0 aliphatic rings. The zero-order chi connectivity index (χ0) is 7.40. The van der Waals surface area contributed by atoms with Crippen LogP contribution in [0.4, 0.5) is 5.69 Å². The third kappa shape index (κ3) is 1.81. The third-order valence-electron chi connectivity index (χ3n) is 1.19. The van der Waals surface area contributed by atoms with E-state index in [-0.39, 0.29) is 0 Å². The second-order valence-corrected chi connectivity index (χ2v) is 2.16. The van der Waals surface area contributed by atoms with E-state index in [1.165, 1.54) is 5.56 Å². The summed E-state index contributed by atoms with van der Waals surface area (Å²) in [6, 6.07) is 7.64. The molecule has 0 spiro atoms. The predicted octanol–water partition coefficient (Wildman–Crippen LogP) is 3.23. The number of halogens is 1. The fourth-order valence-corrected chi connectivity index (χ4v) is 0.742. The highest BCUT2D eigenvalue weighted by Gasteiger charge is 1.85. The average molecular weight is 155 g/mol. The van der Waals surface area contributed by atoms with E-state index in [2.05, 4.69) is 9.75 Å². The molecule has 0 aliphatic carbocycles. The highest BCUT2D eigenvalue weighted by molar-refractivity contribution is 6.14. The lowest BCUT2D eigenvalue weighted by molar-refractivity contribution is 1.31. The molecule has 52 valence electrons. The van der Waals surface area contributed by atoms with Crippen LogP contribution in [0.1, 0.15) is 5.56 Å². The summed E-state index contributed by atoms with van der Waals surface area (Å²) in [5.74, 6) is 0. The van der Waals surface area contributed by atoms with Crippen molar-refractivity contribution in [1.82, 2.24) is 0 Å². The Morgan fingerprint density at radius 3 is 2.30 bits per heavy atom. The quantitative estimate of drug-likeness (QED) is 0.555. The van der Waals surface area contributed by atoms with Gasteiger partial charge in [0.05, 0.1) is 17.5 Å². The SMILES string of the molecule is Cc1ccc(N=NCl)cc1. The average Bonchev–Trinajstić information content (AvgIpc) is 1.95. The lowest BCUT2D eigenvalue weighted by atomic mass is 10.2. The van der Waals surface area contributed by atoms with Crippen molar-refractivity contribution in [2.75, 3.05) is 0 Å². The fraction of sp³-hybridized carbons (Fsp3) is 0.143. The van der Waals surface area contributed by atoms with Crippen molar-refractivity contribution in [3.8, 4) is 0 Å². The molecule has 1 aromatic rings. The van der Waals surface area contributed by atoms with Crippen molar-refractivity contribution in [2.45, 2.75) is 6.92 Å². The second-order valence-electron chi connectivity index (χ2n) is 2.01. The number of rotatable bonds is 1. The number of nitrogens with zero attached hydrogens (tertiary/aromatic N) is 2. The molecule has 0 bridgehead atoms. The molecule has 0 radical (unpaired) electrons. The van der Waals surface area contributed by atoms with Gasteiger partial charge in [-0.2, -0.15) is 0 Å². The van der Waals surface area contributed by atoms with E-state index in [4.69, 9.17) is 11.8 Å². The highest BCUT2D eigenvalue weighted by Crippen LogP contribution is 2.12.